The van der Waals surface area contributed by atoms with Crippen LogP contribution < -0.4 is 0 Å². The molecule has 0 saturated carbocycles. The van der Waals surface area contributed by atoms with Crippen molar-refractivity contribution >= 4 is 5.97 Å². The number of aromatic nitrogens is 2. The third-order valence-electron chi connectivity index (χ3n) is 1.70. The van der Waals surface area contributed by atoms with Gasteiger partial charge in [-0.1, -0.05) is 0 Å². The molecule has 0 unspecified atom stereocenters. The molecule has 1 N–H and O–H groups in total. The first-order valence-corrected chi connectivity index (χ1v) is 4.17. The average Bonchev–Trinajstić information content (AvgIpc) is 2.46. The highest BCUT2D eigenvalue weighted by molar-refractivity contribution is 5.89. The number of rotatable bonds is 2. The van der Waals surface area contributed by atoms with Crippen LogP contribution in [0.5, 0.6) is 0 Å². The highest BCUT2D eigenvalue weighted by Crippen LogP contribution is 2.33. The lowest BCUT2D eigenvalue weighted by molar-refractivity contribution is -0.138. The van der Waals surface area contributed by atoms with Gasteiger partial charge in [0.2, 0.25) is 0 Å². The van der Waals surface area contributed by atoms with E-state index in [9.17, 15) is 18.0 Å². The molecule has 84 valence electrons. The quantitative estimate of drug-likeness (QED) is 0.777. The van der Waals surface area contributed by atoms with Gasteiger partial charge in [0.1, 0.15) is 5.56 Å². The summed E-state index contributed by atoms with van der Waals surface area (Å²) in [4.78, 5) is 11.1. The van der Waals surface area contributed by atoms with Crippen LogP contribution in [0.1, 0.15) is 28.7 Å². The van der Waals surface area contributed by atoms with Crippen LogP contribution in [0.2, 0.25) is 0 Å². The van der Waals surface area contributed by atoms with Crippen molar-refractivity contribution in [1.82, 2.24) is 10.2 Å². The molecule has 0 atom stereocenters. The van der Waals surface area contributed by atoms with Gasteiger partial charge in [0, 0.05) is 5.69 Å². The molecule has 7 heteroatoms. The van der Waals surface area contributed by atoms with Gasteiger partial charge in [-0.3, -0.25) is 5.10 Å². The van der Waals surface area contributed by atoms with Crippen molar-refractivity contribution in [2.75, 3.05) is 6.61 Å². The molecule has 0 bridgehead atoms. The molecule has 0 saturated heterocycles. The van der Waals surface area contributed by atoms with Crippen LogP contribution in [-0.2, 0) is 10.9 Å². The second-order valence-electron chi connectivity index (χ2n) is 2.79. The molecular formula is C8H9F3N2O2. The minimum atomic E-state index is -4.61. The molecule has 15 heavy (non-hydrogen) atoms. The molecule has 4 nitrogen and oxygen atoms in total. The Hall–Kier alpha value is -1.53. The van der Waals surface area contributed by atoms with Gasteiger partial charge < -0.3 is 4.74 Å². The molecule has 0 spiro atoms. The van der Waals surface area contributed by atoms with Crippen LogP contribution in [0.15, 0.2) is 0 Å². The van der Waals surface area contributed by atoms with E-state index in [1.54, 1.807) is 0 Å². The summed E-state index contributed by atoms with van der Waals surface area (Å²) in [7, 11) is 0. The SMILES string of the molecule is CCOC(=O)c1n[nH]c(C)c1C(F)(F)F. The summed E-state index contributed by atoms with van der Waals surface area (Å²) < 4.78 is 41.9. The smallest absolute Gasteiger partial charge is 0.420 e. The summed E-state index contributed by atoms with van der Waals surface area (Å²) in [5, 5.41) is 5.39. The minimum absolute atomic E-state index is 0.00202. The summed E-state index contributed by atoms with van der Waals surface area (Å²) in [6.45, 7) is 2.70. The van der Waals surface area contributed by atoms with E-state index in [1.807, 2.05) is 0 Å². The van der Waals surface area contributed by atoms with E-state index in [1.165, 1.54) is 13.8 Å². The Bertz CT molecular complexity index is 370. The van der Waals surface area contributed by atoms with Gasteiger partial charge in [-0.05, 0) is 13.8 Å². The maximum Gasteiger partial charge on any atom is 0.420 e. The number of hydrogen-bond donors (Lipinski definition) is 1. The number of hydrogen-bond acceptors (Lipinski definition) is 3. The van der Waals surface area contributed by atoms with Crippen LogP contribution in [0.3, 0.4) is 0 Å². The molecule has 1 aromatic heterocycles. The van der Waals surface area contributed by atoms with Crippen molar-refractivity contribution in [2.24, 2.45) is 0 Å². The fourth-order valence-corrected chi connectivity index (χ4v) is 1.12. The molecule has 0 aliphatic rings. The van der Waals surface area contributed by atoms with Gasteiger partial charge in [0.25, 0.3) is 0 Å². The lowest BCUT2D eigenvalue weighted by Gasteiger charge is -2.07. The number of carbonyl (C=O) groups excluding carboxylic acids is 1. The van der Waals surface area contributed by atoms with E-state index in [0.29, 0.717) is 0 Å². The number of aryl methyl sites for hydroxylation is 1. The topological polar surface area (TPSA) is 55.0 Å². The molecule has 0 aliphatic carbocycles. The molecular weight excluding hydrogens is 213 g/mol. The monoisotopic (exact) mass is 222 g/mol. The van der Waals surface area contributed by atoms with Crippen molar-refractivity contribution in [2.45, 2.75) is 20.0 Å². The first-order chi connectivity index (χ1) is 6.88. The summed E-state index contributed by atoms with van der Waals surface area (Å²) in [5.74, 6) is -1.07. The van der Waals surface area contributed by atoms with Crippen LogP contribution in [-0.4, -0.2) is 22.8 Å². The number of aromatic amines is 1. The highest BCUT2D eigenvalue weighted by Gasteiger charge is 2.40. The van der Waals surface area contributed by atoms with Gasteiger partial charge >= 0.3 is 12.1 Å². The summed E-state index contributed by atoms with van der Waals surface area (Å²) in [6.07, 6.45) is -4.61. The third kappa shape index (κ3) is 2.28. The number of ether oxygens (including phenoxy) is 1. The van der Waals surface area contributed by atoms with Gasteiger partial charge in [-0.15, -0.1) is 0 Å². The largest absolute Gasteiger partial charge is 0.461 e. The standard InChI is InChI=1S/C8H9F3N2O2/c1-3-15-7(14)6-5(8(9,10)11)4(2)12-13-6/h3H2,1-2H3,(H,12,13). The molecule has 0 radical (unpaired) electrons. The van der Waals surface area contributed by atoms with Crippen molar-refractivity contribution in [1.29, 1.82) is 0 Å². The number of nitrogens with zero attached hydrogens (tertiary/aromatic N) is 1. The average molecular weight is 222 g/mol. The molecule has 0 aromatic carbocycles. The predicted molar refractivity (Wildman–Crippen MR) is 44.3 cm³/mol. The Kier molecular flexibility index (Phi) is 3.01. The molecule has 0 aliphatic heterocycles. The predicted octanol–water partition coefficient (Wildman–Crippen LogP) is 1.91. The van der Waals surface area contributed by atoms with E-state index in [-0.39, 0.29) is 12.3 Å². The number of carbonyl (C=O) groups is 1. The molecule has 0 fully saturated rings. The molecule has 1 heterocycles. The lowest BCUT2D eigenvalue weighted by atomic mass is 10.2. The zero-order chi connectivity index (χ0) is 11.6. The third-order valence-corrected chi connectivity index (χ3v) is 1.70. The molecule has 1 rings (SSSR count). The van der Waals surface area contributed by atoms with Crippen molar-refractivity contribution in [3.8, 4) is 0 Å². The fraction of sp³-hybridized carbons (Fsp3) is 0.500. The maximum atomic E-state index is 12.5. The van der Waals surface area contributed by atoms with Crippen molar-refractivity contribution in [3.63, 3.8) is 0 Å². The zero-order valence-electron chi connectivity index (χ0n) is 8.10. The normalized spacial score (nSPS) is 11.5. The fourth-order valence-electron chi connectivity index (χ4n) is 1.12. The summed E-state index contributed by atoms with van der Waals surface area (Å²) in [6, 6.07) is 0. The van der Waals surface area contributed by atoms with E-state index in [0.717, 1.165) is 0 Å². The van der Waals surface area contributed by atoms with Crippen LogP contribution in [0, 0.1) is 6.92 Å². The number of alkyl halides is 3. The Morgan fingerprint density at radius 3 is 2.60 bits per heavy atom. The second kappa shape index (κ2) is 3.92. The Labute approximate surface area is 83.4 Å². The maximum absolute atomic E-state index is 12.5. The Balaban J connectivity index is 3.15. The molecule has 1 aromatic rings. The zero-order valence-corrected chi connectivity index (χ0v) is 8.10. The van der Waals surface area contributed by atoms with Crippen LogP contribution in [0.25, 0.3) is 0 Å². The van der Waals surface area contributed by atoms with Crippen molar-refractivity contribution in [3.05, 3.63) is 17.0 Å². The number of nitrogens with one attached hydrogen (secondary N) is 1. The number of H-pyrrole nitrogens is 1. The number of halogens is 3. The van der Waals surface area contributed by atoms with Gasteiger partial charge in [-0.25, -0.2) is 4.79 Å². The van der Waals surface area contributed by atoms with E-state index in [2.05, 4.69) is 14.9 Å². The van der Waals surface area contributed by atoms with Gasteiger partial charge in [0.05, 0.1) is 6.61 Å². The Morgan fingerprint density at radius 2 is 2.13 bits per heavy atom. The van der Waals surface area contributed by atoms with Crippen molar-refractivity contribution < 1.29 is 22.7 Å². The van der Waals surface area contributed by atoms with Gasteiger partial charge in [0.15, 0.2) is 5.69 Å². The lowest BCUT2D eigenvalue weighted by Crippen LogP contribution is -2.14. The van der Waals surface area contributed by atoms with E-state index < -0.39 is 23.4 Å². The van der Waals surface area contributed by atoms with Gasteiger partial charge in [-0.2, -0.15) is 18.3 Å². The van der Waals surface area contributed by atoms with E-state index in [4.69, 9.17) is 0 Å². The summed E-state index contributed by atoms with van der Waals surface area (Å²) in [5.41, 5.74) is -1.99. The first kappa shape index (κ1) is 11.5. The number of esters is 1. The highest BCUT2D eigenvalue weighted by atomic mass is 19.4. The van der Waals surface area contributed by atoms with Crippen LogP contribution in [0.4, 0.5) is 13.2 Å². The van der Waals surface area contributed by atoms with Crippen LogP contribution >= 0.6 is 0 Å². The summed E-state index contributed by atoms with van der Waals surface area (Å²) >= 11 is 0. The second-order valence-corrected chi connectivity index (χ2v) is 2.79. The van der Waals surface area contributed by atoms with E-state index >= 15 is 0 Å². The Morgan fingerprint density at radius 1 is 1.53 bits per heavy atom. The first-order valence-electron chi connectivity index (χ1n) is 4.17. The molecule has 0 amide bonds. The minimum Gasteiger partial charge on any atom is -0.461 e.